The molecule has 0 radical (unpaired) electrons. The number of rotatable bonds is 6. The molecule has 27 heavy (non-hydrogen) atoms. The van der Waals surface area contributed by atoms with Crippen LogP contribution in [0.5, 0.6) is 0 Å². The molecule has 4 aliphatic rings. The molecule has 4 saturated carbocycles. The third-order valence-electron chi connectivity index (χ3n) is 10.1. The van der Waals surface area contributed by atoms with Crippen LogP contribution >= 0.6 is 0 Å². The Morgan fingerprint density at radius 2 is 1.15 bits per heavy atom. The molecule has 4 rings (SSSR count). The van der Waals surface area contributed by atoms with Gasteiger partial charge in [-0.15, -0.1) is 0 Å². The van der Waals surface area contributed by atoms with Gasteiger partial charge in [-0.25, -0.2) is 0 Å². The van der Waals surface area contributed by atoms with Crippen molar-refractivity contribution in [1.82, 2.24) is 0 Å². The lowest BCUT2D eigenvalue weighted by Crippen LogP contribution is -2.50. The summed E-state index contributed by atoms with van der Waals surface area (Å²) in [6.07, 6.45) is 29.6. The van der Waals surface area contributed by atoms with Gasteiger partial charge in [0.1, 0.15) is 0 Å². The van der Waals surface area contributed by atoms with E-state index in [9.17, 15) is 0 Å². The van der Waals surface area contributed by atoms with Crippen LogP contribution in [0.3, 0.4) is 0 Å². The summed E-state index contributed by atoms with van der Waals surface area (Å²) in [5.74, 6) is 4.38. The van der Waals surface area contributed by atoms with Crippen LogP contribution in [0.4, 0.5) is 0 Å². The first-order chi connectivity index (χ1) is 13.2. The van der Waals surface area contributed by atoms with Gasteiger partial charge >= 0.3 is 0 Å². The monoisotopic (exact) mass is 372 g/mol. The average Bonchev–Trinajstić information content (AvgIpc) is 2.69. The van der Waals surface area contributed by atoms with Gasteiger partial charge in [-0.2, -0.15) is 0 Å². The van der Waals surface area contributed by atoms with E-state index >= 15 is 0 Å². The van der Waals surface area contributed by atoms with E-state index in [2.05, 4.69) is 13.8 Å². The van der Waals surface area contributed by atoms with Gasteiger partial charge in [0.15, 0.2) is 0 Å². The molecule has 0 bridgehead atoms. The van der Waals surface area contributed by atoms with Crippen molar-refractivity contribution in [2.45, 2.75) is 136 Å². The highest BCUT2D eigenvalue weighted by Gasteiger charge is 2.55. The molecule has 0 aliphatic heterocycles. The molecule has 0 nitrogen and oxygen atoms in total. The maximum atomic E-state index is 2.40. The van der Waals surface area contributed by atoms with Crippen LogP contribution < -0.4 is 0 Å². The van der Waals surface area contributed by atoms with Crippen LogP contribution in [0.15, 0.2) is 0 Å². The van der Waals surface area contributed by atoms with Gasteiger partial charge in [0.2, 0.25) is 0 Å². The van der Waals surface area contributed by atoms with Gasteiger partial charge in [-0.3, -0.25) is 0 Å². The minimum Gasteiger partial charge on any atom is -0.0654 e. The van der Waals surface area contributed by atoms with Crippen LogP contribution in [0.1, 0.15) is 136 Å². The summed E-state index contributed by atoms with van der Waals surface area (Å²) >= 11 is 0. The van der Waals surface area contributed by atoms with Crippen molar-refractivity contribution in [1.29, 1.82) is 0 Å². The van der Waals surface area contributed by atoms with Gasteiger partial charge in [0.05, 0.1) is 0 Å². The molecule has 0 amide bonds. The SMILES string of the molecule is CCCCCC1CCC2(CC1)CC1(CCC(C3CCC(CC)CC3)CC1)C2. The molecule has 0 heteroatoms. The number of unbranched alkanes of at least 4 members (excludes halogenated alkanes) is 2. The Kier molecular flexibility index (Phi) is 6.60. The highest BCUT2D eigenvalue weighted by Crippen LogP contribution is 2.67. The molecule has 0 heterocycles. The van der Waals surface area contributed by atoms with E-state index in [4.69, 9.17) is 0 Å². The molecule has 0 atom stereocenters. The molecule has 0 N–H and O–H groups in total. The fourth-order valence-corrected chi connectivity index (χ4v) is 8.30. The molecule has 4 fully saturated rings. The first-order valence-electron chi connectivity index (χ1n) is 13.2. The topological polar surface area (TPSA) is 0 Å². The minimum atomic E-state index is 0.826. The van der Waals surface area contributed by atoms with Crippen molar-refractivity contribution >= 4 is 0 Å². The second kappa shape index (κ2) is 8.79. The Morgan fingerprint density at radius 3 is 1.70 bits per heavy atom. The molecule has 4 aliphatic carbocycles. The molecular formula is C27H48. The summed E-state index contributed by atoms with van der Waals surface area (Å²) in [5.41, 5.74) is 1.65. The van der Waals surface area contributed by atoms with Gasteiger partial charge < -0.3 is 0 Å². The molecule has 0 saturated heterocycles. The molecule has 0 aromatic heterocycles. The third-order valence-corrected chi connectivity index (χ3v) is 10.1. The zero-order valence-corrected chi connectivity index (χ0v) is 18.7. The van der Waals surface area contributed by atoms with E-state index in [1.54, 1.807) is 89.9 Å². The molecule has 0 aromatic rings. The van der Waals surface area contributed by atoms with Gasteiger partial charge in [0, 0.05) is 0 Å². The molecule has 156 valence electrons. The third kappa shape index (κ3) is 4.61. The quantitative estimate of drug-likeness (QED) is 0.408. The van der Waals surface area contributed by atoms with Crippen LogP contribution in [-0.2, 0) is 0 Å². The van der Waals surface area contributed by atoms with E-state index in [0.29, 0.717) is 0 Å². The molecular weight excluding hydrogens is 324 g/mol. The predicted molar refractivity (Wildman–Crippen MR) is 118 cm³/mol. The maximum Gasteiger partial charge on any atom is -0.0287 e. The Bertz CT molecular complexity index is 429. The Labute approximate surface area is 170 Å². The summed E-state index contributed by atoms with van der Waals surface area (Å²) in [5, 5.41) is 0. The molecule has 0 aromatic carbocycles. The van der Waals surface area contributed by atoms with Crippen molar-refractivity contribution in [3.05, 3.63) is 0 Å². The molecule has 0 unspecified atom stereocenters. The van der Waals surface area contributed by atoms with E-state index < -0.39 is 0 Å². The van der Waals surface area contributed by atoms with Crippen LogP contribution in [0.25, 0.3) is 0 Å². The van der Waals surface area contributed by atoms with Crippen LogP contribution in [0.2, 0.25) is 0 Å². The Balaban J connectivity index is 1.17. The van der Waals surface area contributed by atoms with Crippen LogP contribution in [0, 0.1) is 34.5 Å². The normalized spacial score (nSPS) is 45.1. The lowest BCUT2D eigenvalue weighted by Gasteiger charge is -2.62. The summed E-state index contributed by atoms with van der Waals surface area (Å²) in [6, 6.07) is 0. The second-order valence-electron chi connectivity index (χ2n) is 11.8. The Morgan fingerprint density at radius 1 is 0.593 bits per heavy atom. The first kappa shape index (κ1) is 20.3. The van der Waals surface area contributed by atoms with Crippen molar-refractivity contribution < 1.29 is 0 Å². The minimum absolute atomic E-state index is 0.826. The van der Waals surface area contributed by atoms with Crippen molar-refractivity contribution in [3.63, 3.8) is 0 Å². The largest absolute Gasteiger partial charge is 0.0654 e. The average molecular weight is 373 g/mol. The lowest BCUT2D eigenvalue weighted by molar-refractivity contribution is -0.106. The van der Waals surface area contributed by atoms with E-state index in [0.717, 1.165) is 34.5 Å². The van der Waals surface area contributed by atoms with E-state index in [1.165, 1.54) is 32.1 Å². The first-order valence-corrected chi connectivity index (χ1v) is 13.2. The van der Waals surface area contributed by atoms with E-state index in [1.807, 2.05) is 0 Å². The number of hydrogen-bond acceptors (Lipinski definition) is 0. The summed E-state index contributed by atoms with van der Waals surface area (Å²) < 4.78 is 0. The summed E-state index contributed by atoms with van der Waals surface area (Å²) in [4.78, 5) is 0. The standard InChI is InChI=1S/C27H48/c1-3-5-6-7-23-12-16-26(17-13-23)20-27(21-26)18-14-25(15-19-27)24-10-8-22(4-2)9-11-24/h22-25H,3-21H2,1-2H3. The predicted octanol–water partition coefficient (Wildman–Crippen LogP) is 8.93. The second-order valence-corrected chi connectivity index (χ2v) is 11.8. The summed E-state index contributed by atoms with van der Waals surface area (Å²) in [7, 11) is 0. The molecule has 2 spiro atoms. The van der Waals surface area contributed by atoms with E-state index in [-0.39, 0.29) is 0 Å². The van der Waals surface area contributed by atoms with Crippen molar-refractivity contribution in [2.24, 2.45) is 34.5 Å². The van der Waals surface area contributed by atoms with Gasteiger partial charge in [-0.05, 0) is 112 Å². The fourth-order valence-electron chi connectivity index (χ4n) is 8.30. The zero-order chi connectivity index (χ0) is 18.7. The van der Waals surface area contributed by atoms with Crippen molar-refractivity contribution in [3.8, 4) is 0 Å². The highest BCUT2D eigenvalue weighted by molar-refractivity contribution is 5.06. The zero-order valence-electron chi connectivity index (χ0n) is 18.7. The van der Waals surface area contributed by atoms with Crippen LogP contribution in [-0.4, -0.2) is 0 Å². The fraction of sp³-hybridized carbons (Fsp3) is 1.00. The van der Waals surface area contributed by atoms with Gasteiger partial charge in [0.25, 0.3) is 0 Å². The lowest BCUT2D eigenvalue weighted by atomic mass is 9.43. The number of hydrogen-bond donors (Lipinski definition) is 0. The van der Waals surface area contributed by atoms with Gasteiger partial charge in [-0.1, -0.05) is 58.8 Å². The Hall–Kier alpha value is 0. The van der Waals surface area contributed by atoms with Crippen molar-refractivity contribution in [2.75, 3.05) is 0 Å². The highest BCUT2D eigenvalue weighted by atomic mass is 14.6. The smallest absolute Gasteiger partial charge is 0.0287 e. The summed E-state index contributed by atoms with van der Waals surface area (Å²) in [6.45, 7) is 4.75. The maximum absolute atomic E-state index is 2.40.